The molecule has 3 N–H and O–H groups in total. The van der Waals surface area contributed by atoms with Crippen LogP contribution in [0.25, 0.3) is 22.4 Å². The van der Waals surface area contributed by atoms with E-state index in [0.717, 1.165) is 24.3 Å². The minimum atomic E-state index is 0.101. The van der Waals surface area contributed by atoms with Crippen LogP contribution in [-0.4, -0.2) is 44.4 Å². The highest BCUT2D eigenvalue weighted by Crippen LogP contribution is 2.40. The van der Waals surface area contributed by atoms with Gasteiger partial charge in [0.15, 0.2) is 0 Å². The molecule has 1 aliphatic rings. The van der Waals surface area contributed by atoms with Crippen molar-refractivity contribution in [2.75, 3.05) is 19.0 Å². The van der Waals surface area contributed by atoms with E-state index >= 15 is 0 Å². The van der Waals surface area contributed by atoms with Gasteiger partial charge >= 0.3 is 0 Å². The van der Waals surface area contributed by atoms with Crippen LogP contribution in [-0.2, 0) is 0 Å². The maximum Gasteiger partial charge on any atom is 0.148 e. The quantitative estimate of drug-likeness (QED) is 0.324. The van der Waals surface area contributed by atoms with Crippen LogP contribution < -0.4 is 15.5 Å². The summed E-state index contributed by atoms with van der Waals surface area (Å²) in [6.45, 7) is 0.145. The Morgan fingerprint density at radius 1 is 1.23 bits per heavy atom. The van der Waals surface area contributed by atoms with Gasteiger partial charge in [-0.2, -0.15) is 9.78 Å². The molecule has 0 saturated heterocycles. The fourth-order valence-corrected chi connectivity index (χ4v) is 3.26. The first-order valence-electron chi connectivity index (χ1n) is 9.85. The largest absolute Gasteiger partial charge is 0.495 e. The Kier molecular flexibility index (Phi) is 4.66. The number of rotatable bonds is 6. The minimum absolute atomic E-state index is 0.101. The van der Waals surface area contributed by atoms with E-state index in [-0.39, 0.29) is 17.9 Å². The molecule has 1 fully saturated rings. The minimum Gasteiger partial charge on any atom is -0.495 e. The lowest BCUT2D eigenvalue weighted by molar-refractivity contribution is 0.386. The van der Waals surface area contributed by atoms with Crippen LogP contribution in [0.5, 0.6) is 5.75 Å². The first-order valence-corrected chi connectivity index (χ1v) is 9.85. The Labute approximate surface area is 176 Å². The normalized spacial score (nSPS) is 13.3. The molecule has 10 heteroatoms. The average molecular weight is 416 g/mol. The molecular formula is C21H20N8O2. The molecule has 31 heavy (non-hydrogen) atoms. The van der Waals surface area contributed by atoms with Crippen LogP contribution in [0.2, 0.25) is 0 Å². The lowest BCUT2D eigenvalue weighted by Crippen LogP contribution is -2.33. The SMILES string of the molecule is COc1cnc2c(NCC(=N)n3nc(-c4cc(C5CC5)on4)ccc3=N)ccnc2c1. The topological polar surface area (TPSA) is 139 Å². The summed E-state index contributed by atoms with van der Waals surface area (Å²) in [5.74, 6) is 2.05. The van der Waals surface area contributed by atoms with Gasteiger partial charge in [0.05, 0.1) is 31.1 Å². The van der Waals surface area contributed by atoms with Crippen molar-refractivity contribution in [2.24, 2.45) is 0 Å². The monoisotopic (exact) mass is 416 g/mol. The molecule has 0 aromatic carbocycles. The van der Waals surface area contributed by atoms with Gasteiger partial charge in [-0.15, -0.1) is 0 Å². The highest BCUT2D eigenvalue weighted by atomic mass is 16.5. The predicted octanol–water partition coefficient (Wildman–Crippen LogP) is 2.78. The van der Waals surface area contributed by atoms with E-state index in [2.05, 4.69) is 25.5 Å². The lowest BCUT2D eigenvalue weighted by atomic mass is 10.2. The second kappa shape index (κ2) is 7.63. The van der Waals surface area contributed by atoms with E-state index in [9.17, 15) is 0 Å². The van der Waals surface area contributed by atoms with Crippen LogP contribution in [0.15, 0.2) is 47.2 Å². The lowest BCUT2D eigenvalue weighted by Gasteiger charge is -2.12. The highest BCUT2D eigenvalue weighted by molar-refractivity contribution is 5.91. The number of methoxy groups -OCH3 is 1. The summed E-state index contributed by atoms with van der Waals surface area (Å²) in [6.07, 6.45) is 5.53. The standard InChI is InChI=1S/C21H20N8O2/c1-30-13-8-17-21(26-10-13)15(6-7-24-17)25-11-20(23)29-19(22)5-4-14(27-29)16-9-18(31-28-16)12-2-3-12/h4-10,12,22-23H,2-3,11H2,1H3,(H,24,25). The summed E-state index contributed by atoms with van der Waals surface area (Å²) in [5.41, 5.74) is 3.34. The third kappa shape index (κ3) is 3.75. The van der Waals surface area contributed by atoms with Crippen LogP contribution in [0.1, 0.15) is 24.5 Å². The van der Waals surface area contributed by atoms with Crippen molar-refractivity contribution in [2.45, 2.75) is 18.8 Å². The van der Waals surface area contributed by atoms with E-state index in [1.165, 1.54) is 4.68 Å². The molecule has 0 amide bonds. The molecule has 1 saturated carbocycles. The molecule has 4 aromatic heterocycles. The molecule has 0 spiro atoms. The van der Waals surface area contributed by atoms with Gasteiger partial charge in [-0.25, -0.2) is 4.98 Å². The Morgan fingerprint density at radius 2 is 2.10 bits per heavy atom. The molecule has 0 radical (unpaired) electrons. The van der Waals surface area contributed by atoms with Crippen molar-refractivity contribution >= 4 is 22.6 Å². The number of hydrogen-bond acceptors (Lipinski definition) is 9. The zero-order valence-electron chi connectivity index (χ0n) is 16.8. The summed E-state index contributed by atoms with van der Waals surface area (Å²) in [4.78, 5) is 8.71. The summed E-state index contributed by atoms with van der Waals surface area (Å²) in [6, 6.07) is 8.78. The number of anilines is 1. The summed E-state index contributed by atoms with van der Waals surface area (Å²) >= 11 is 0. The smallest absolute Gasteiger partial charge is 0.148 e. The molecule has 1 aliphatic carbocycles. The zero-order valence-corrected chi connectivity index (χ0v) is 16.8. The Morgan fingerprint density at radius 3 is 2.90 bits per heavy atom. The second-order valence-corrected chi connectivity index (χ2v) is 7.31. The van der Waals surface area contributed by atoms with Gasteiger partial charge in [-0.05, 0) is 31.0 Å². The molecule has 0 bridgehead atoms. The number of hydrogen-bond donors (Lipinski definition) is 3. The molecule has 10 nitrogen and oxygen atoms in total. The van der Waals surface area contributed by atoms with Gasteiger partial charge in [0.1, 0.15) is 39.7 Å². The van der Waals surface area contributed by atoms with Crippen molar-refractivity contribution in [1.82, 2.24) is 24.9 Å². The Hall–Kier alpha value is -4.08. The molecule has 4 heterocycles. The van der Waals surface area contributed by atoms with Crippen LogP contribution in [0.3, 0.4) is 0 Å². The highest BCUT2D eigenvalue weighted by Gasteiger charge is 2.28. The number of ether oxygens (including phenoxy) is 1. The average Bonchev–Trinajstić information content (AvgIpc) is 3.54. The molecule has 0 atom stereocenters. The summed E-state index contributed by atoms with van der Waals surface area (Å²) < 4.78 is 11.9. The first kappa shape index (κ1) is 18.9. The first-order chi connectivity index (χ1) is 15.1. The van der Waals surface area contributed by atoms with Crippen molar-refractivity contribution in [3.63, 3.8) is 0 Å². The van der Waals surface area contributed by atoms with Gasteiger partial charge in [0.2, 0.25) is 0 Å². The van der Waals surface area contributed by atoms with E-state index in [0.29, 0.717) is 34.1 Å². The maximum atomic E-state index is 8.45. The summed E-state index contributed by atoms with van der Waals surface area (Å²) in [7, 11) is 1.58. The van der Waals surface area contributed by atoms with Gasteiger partial charge in [0.25, 0.3) is 0 Å². The van der Waals surface area contributed by atoms with Crippen LogP contribution in [0, 0.1) is 10.8 Å². The molecule has 0 aliphatic heterocycles. The fourth-order valence-electron chi connectivity index (χ4n) is 3.26. The third-order valence-corrected chi connectivity index (χ3v) is 5.10. The number of aromatic nitrogens is 5. The van der Waals surface area contributed by atoms with E-state index < -0.39 is 0 Å². The van der Waals surface area contributed by atoms with E-state index in [1.807, 2.05) is 6.07 Å². The van der Waals surface area contributed by atoms with Crippen molar-refractivity contribution in [1.29, 1.82) is 10.8 Å². The van der Waals surface area contributed by atoms with Gasteiger partial charge < -0.3 is 14.6 Å². The number of pyridine rings is 2. The third-order valence-electron chi connectivity index (χ3n) is 5.10. The molecule has 156 valence electrons. The summed E-state index contributed by atoms with van der Waals surface area (Å²) in [5, 5.41) is 28.3. The van der Waals surface area contributed by atoms with Gasteiger partial charge in [0, 0.05) is 24.2 Å². The van der Waals surface area contributed by atoms with E-state index in [4.69, 9.17) is 20.1 Å². The predicted molar refractivity (Wildman–Crippen MR) is 113 cm³/mol. The molecule has 5 rings (SSSR count). The number of nitrogens with zero attached hydrogens (tertiary/aromatic N) is 5. The number of nitrogens with one attached hydrogen (secondary N) is 3. The van der Waals surface area contributed by atoms with Crippen molar-refractivity contribution < 1.29 is 9.26 Å². The van der Waals surface area contributed by atoms with Crippen molar-refractivity contribution in [3.05, 3.63) is 54.0 Å². The zero-order chi connectivity index (χ0) is 21.4. The van der Waals surface area contributed by atoms with Gasteiger partial charge in [-0.1, -0.05) is 5.16 Å². The molecular weight excluding hydrogens is 396 g/mol. The fraction of sp³-hybridized carbons (Fsp3) is 0.238. The molecule has 0 unspecified atom stereocenters. The molecule has 4 aromatic rings. The maximum absolute atomic E-state index is 8.45. The van der Waals surface area contributed by atoms with Crippen LogP contribution in [0.4, 0.5) is 5.69 Å². The van der Waals surface area contributed by atoms with Crippen LogP contribution >= 0.6 is 0 Å². The van der Waals surface area contributed by atoms with Crippen molar-refractivity contribution in [3.8, 4) is 17.1 Å². The Balaban J connectivity index is 1.37. The van der Waals surface area contributed by atoms with E-state index in [1.54, 1.807) is 43.8 Å². The number of fused-ring (bicyclic) bond motifs is 1. The van der Waals surface area contributed by atoms with Gasteiger partial charge in [-0.3, -0.25) is 15.8 Å². The second-order valence-electron chi connectivity index (χ2n) is 7.31. The Bertz CT molecular complexity index is 1340.